The highest BCUT2D eigenvalue weighted by molar-refractivity contribution is 7.80. The zero-order chi connectivity index (χ0) is 24.2. The monoisotopic (exact) mass is 481 g/mol. The third-order valence-corrected chi connectivity index (χ3v) is 6.55. The number of benzene rings is 2. The first-order chi connectivity index (χ1) is 17.1. The van der Waals surface area contributed by atoms with Gasteiger partial charge in [-0.2, -0.15) is 0 Å². The first-order valence-electron chi connectivity index (χ1n) is 11.7. The quantitative estimate of drug-likeness (QED) is 0.356. The molecule has 0 aliphatic carbocycles. The molecule has 1 amide bonds. The first kappa shape index (κ1) is 22.8. The van der Waals surface area contributed by atoms with Crippen LogP contribution in [0.5, 0.6) is 0 Å². The predicted molar refractivity (Wildman–Crippen MR) is 142 cm³/mol. The standard InChI is InChI=1S/C28H27N5OS/c1-20-9-7-12-22(19-20)32-17-8-14-24(32)27-26(23-13-5-6-16-29-23)31-28(35)33(27)18-15-25(34)30-21-10-3-2-4-11-21/h2-14,16-17,19,26-27H,15,18H2,1H3,(H,30,34)(H,31,35)/t26-,27+/m1/s1. The van der Waals surface area contributed by atoms with Crippen LogP contribution in [0.1, 0.15) is 35.5 Å². The normalized spacial score (nSPS) is 17.3. The summed E-state index contributed by atoms with van der Waals surface area (Å²) in [5.41, 5.74) is 5.06. The highest BCUT2D eigenvalue weighted by Crippen LogP contribution is 2.39. The lowest BCUT2D eigenvalue weighted by molar-refractivity contribution is -0.116. The number of aromatic nitrogens is 2. The Labute approximate surface area is 210 Å². The molecule has 2 aromatic heterocycles. The molecule has 7 heteroatoms. The number of pyridine rings is 1. The van der Waals surface area contributed by atoms with Crippen molar-refractivity contribution in [3.8, 4) is 5.69 Å². The Morgan fingerprint density at radius 2 is 1.86 bits per heavy atom. The Bertz CT molecular complexity index is 1320. The molecule has 3 heterocycles. The van der Waals surface area contributed by atoms with E-state index in [1.54, 1.807) is 6.20 Å². The number of anilines is 1. The van der Waals surface area contributed by atoms with Crippen molar-refractivity contribution in [1.82, 2.24) is 19.8 Å². The fourth-order valence-corrected chi connectivity index (χ4v) is 4.91. The van der Waals surface area contributed by atoms with Crippen LogP contribution in [0.4, 0.5) is 5.69 Å². The Hall–Kier alpha value is -3.97. The number of para-hydroxylation sites is 1. The molecule has 35 heavy (non-hydrogen) atoms. The van der Waals surface area contributed by atoms with Crippen LogP contribution < -0.4 is 10.6 Å². The number of nitrogens with zero attached hydrogens (tertiary/aromatic N) is 3. The van der Waals surface area contributed by atoms with Gasteiger partial charge in [0.15, 0.2) is 5.11 Å². The predicted octanol–water partition coefficient (Wildman–Crippen LogP) is 5.18. The van der Waals surface area contributed by atoms with E-state index in [1.165, 1.54) is 5.56 Å². The van der Waals surface area contributed by atoms with Gasteiger partial charge in [0.05, 0.1) is 17.8 Å². The number of nitrogens with one attached hydrogen (secondary N) is 2. The molecule has 1 fully saturated rings. The van der Waals surface area contributed by atoms with Gasteiger partial charge in [0.1, 0.15) is 0 Å². The van der Waals surface area contributed by atoms with Gasteiger partial charge in [0.2, 0.25) is 5.91 Å². The van der Waals surface area contributed by atoms with Gasteiger partial charge in [0, 0.05) is 42.4 Å². The Balaban J connectivity index is 1.45. The van der Waals surface area contributed by atoms with Crippen molar-refractivity contribution in [3.63, 3.8) is 0 Å². The van der Waals surface area contributed by atoms with Gasteiger partial charge in [-0.3, -0.25) is 9.78 Å². The topological polar surface area (TPSA) is 62.2 Å². The summed E-state index contributed by atoms with van der Waals surface area (Å²) < 4.78 is 2.19. The van der Waals surface area contributed by atoms with Crippen molar-refractivity contribution in [3.05, 3.63) is 114 Å². The lowest BCUT2D eigenvalue weighted by Gasteiger charge is -2.29. The zero-order valence-electron chi connectivity index (χ0n) is 19.5. The molecule has 1 aliphatic heterocycles. The molecule has 0 bridgehead atoms. The number of rotatable bonds is 7. The van der Waals surface area contributed by atoms with E-state index >= 15 is 0 Å². The molecule has 1 saturated heterocycles. The third-order valence-electron chi connectivity index (χ3n) is 6.20. The molecular formula is C28H27N5OS. The van der Waals surface area contributed by atoms with E-state index in [0.717, 1.165) is 22.8 Å². The van der Waals surface area contributed by atoms with E-state index in [0.29, 0.717) is 18.1 Å². The third kappa shape index (κ3) is 4.95. The summed E-state index contributed by atoms with van der Waals surface area (Å²) in [4.78, 5) is 19.5. The minimum absolute atomic E-state index is 0.0481. The van der Waals surface area contributed by atoms with Crippen LogP contribution in [0.25, 0.3) is 5.69 Å². The van der Waals surface area contributed by atoms with E-state index in [2.05, 4.69) is 74.6 Å². The molecule has 5 rings (SSSR count). The van der Waals surface area contributed by atoms with Crippen molar-refractivity contribution >= 4 is 28.9 Å². The number of thiocarbonyl (C=S) groups is 1. The minimum atomic E-state index is -0.139. The summed E-state index contributed by atoms with van der Waals surface area (Å²) in [6.07, 6.45) is 4.18. The number of hydrogen-bond donors (Lipinski definition) is 2. The molecule has 2 aromatic carbocycles. The summed E-state index contributed by atoms with van der Waals surface area (Å²) >= 11 is 5.78. The van der Waals surface area contributed by atoms with Crippen LogP contribution in [0.3, 0.4) is 0 Å². The number of hydrogen-bond acceptors (Lipinski definition) is 3. The van der Waals surface area contributed by atoms with Crippen LogP contribution >= 0.6 is 12.2 Å². The number of carbonyl (C=O) groups excluding carboxylic acids is 1. The van der Waals surface area contributed by atoms with Crippen molar-refractivity contribution in [2.45, 2.75) is 25.4 Å². The van der Waals surface area contributed by atoms with Gasteiger partial charge >= 0.3 is 0 Å². The van der Waals surface area contributed by atoms with Crippen molar-refractivity contribution in [2.24, 2.45) is 0 Å². The van der Waals surface area contributed by atoms with Gasteiger partial charge in [-0.25, -0.2) is 0 Å². The molecule has 1 aliphatic rings. The molecule has 2 N–H and O–H groups in total. The molecular weight excluding hydrogens is 454 g/mol. The Morgan fingerprint density at radius 1 is 1.03 bits per heavy atom. The molecule has 4 aromatic rings. The fourth-order valence-electron chi connectivity index (χ4n) is 4.58. The van der Waals surface area contributed by atoms with E-state index in [-0.39, 0.29) is 18.0 Å². The van der Waals surface area contributed by atoms with Crippen molar-refractivity contribution in [2.75, 3.05) is 11.9 Å². The van der Waals surface area contributed by atoms with E-state index in [4.69, 9.17) is 12.2 Å². The number of carbonyl (C=O) groups is 1. The second kappa shape index (κ2) is 10.1. The van der Waals surface area contributed by atoms with Gasteiger partial charge in [-0.1, -0.05) is 36.4 Å². The van der Waals surface area contributed by atoms with Crippen LogP contribution in [-0.2, 0) is 4.79 Å². The van der Waals surface area contributed by atoms with Gasteiger partial charge < -0.3 is 20.1 Å². The lowest BCUT2D eigenvalue weighted by Crippen LogP contribution is -2.33. The largest absolute Gasteiger partial charge is 0.352 e. The average molecular weight is 482 g/mol. The fraction of sp³-hybridized carbons (Fsp3) is 0.179. The van der Waals surface area contributed by atoms with Crippen LogP contribution in [0, 0.1) is 6.92 Å². The average Bonchev–Trinajstić information content (AvgIpc) is 3.48. The SMILES string of the molecule is Cc1cccc(-n2cccc2[C@H]2[C@@H](c3ccccn3)NC(=S)N2CCC(=O)Nc2ccccc2)c1. The van der Waals surface area contributed by atoms with Gasteiger partial charge in [-0.05, 0) is 73.2 Å². The highest BCUT2D eigenvalue weighted by atomic mass is 32.1. The zero-order valence-corrected chi connectivity index (χ0v) is 20.3. The van der Waals surface area contributed by atoms with Crippen LogP contribution in [-0.4, -0.2) is 32.0 Å². The summed E-state index contributed by atoms with van der Waals surface area (Å²) in [6, 6.07) is 27.7. The second-order valence-electron chi connectivity index (χ2n) is 8.63. The smallest absolute Gasteiger partial charge is 0.226 e. The molecule has 0 unspecified atom stereocenters. The van der Waals surface area contributed by atoms with Crippen molar-refractivity contribution < 1.29 is 4.79 Å². The number of aryl methyl sites for hydroxylation is 1. The molecule has 0 saturated carbocycles. The van der Waals surface area contributed by atoms with Crippen LogP contribution in [0.15, 0.2) is 97.3 Å². The molecule has 0 radical (unpaired) electrons. The summed E-state index contributed by atoms with van der Waals surface area (Å²) in [6.45, 7) is 2.57. The molecule has 6 nitrogen and oxygen atoms in total. The molecule has 0 spiro atoms. The van der Waals surface area contributed by atoms with Gasteiger partial charge in [-0.15, -0.1) is 0 Å². The Kier molecular flexibility index (Phi) is 6.59. The maximum Gasteiger partial charge on any atom is 0.226 e. The lowest BCUT2D eigenvalue weighted by atomic mass is 10.0. The van der Waals surface area contributed by atoms with E-state index < -0.39 is 0 Å². The van der Waals surface area contributed by atoms with E-state index in [1.807, 2.05) is 48.5 Å². The van der Waals surface area contributed by atoms with Gasteiger partial charge in [0.25, 0.3) is 0 Å². The minimum Gasteiger partial charge on any atom is -0.352 e. The summed E-state index contributed by atoms with van der Waals surface area (Å²) in [7, 11) is 0. The molecule has 2 atom stereocenters. The first-order valence-corrected chi connectivity index (χ1v) is 12.1. The van der Waals surface area contributed by atoms with Crippen LogP contribution in [0.2, 0.25) is 0 Å². The number of amides is 1. The van der Waals surface area contributed by atoms with E-state index in [9.17, 15) is 4.79 Å². The summed E-state index contributed by atoms with van der Waals surface area (Å²) in [5, 5.41) is 7.06. The summed E-state index contributed by atoms with van der Waals surface area (Å²) in [5.74, 6) is -0.0481. The van der Waals surface area contributed by atoms with Crippen molar-refractivity contribution in [1.29, 1.82) is 0 Å². The second-order valence-corrected chi connectivity index (χ2v) is 9.01. The molecule has 176 valence electrons. The maximum atomic E-state index is 12.7. The maximum absolute atomic E-state index is 12.7. The Morgan fingerprint density at radius 3 is 2.63 bits per heavy atom. The highest BCUT2D eigenvalue weighted by Gasteiger charge is 2.41.